The molecule has 0 saturated heterocycles. The number of aromatic amines is 1. The van der Waals surface area contributed by atoms with Gasteiger partial charge in [-0.1, -0.05) is 6.07 Å². The van der Waals surface area contributed by atoms with Gasteiger partial charge in [-0.25, -0.2) is 4.98 Å². The molecule has 162 valence electrons. The molecule has 1 aliphatic rings. The van der Waals surface area contributed by atoms with Crippen molar-refractivity contribution in [3.63, 3.8) is 0 Å². The molecule has 1 atom stereocenters. The van der Waals surface area contributed by atoms with E-state index in [0.717, 1.165) is 22.5 Å². The summed E-state index contributed by atoms with van der Waals surface area (Å²) in [5, 5.41) is 10.4. The average molecular weight is 422 g/mol. The predicted octanol–water partition coefficient (Wildman–Crippen LogP) is 3.61. The molecule has 0 fully saturated rings. The van der Waals surface area contributed by atoms with Crippen LogP contribution >= 0.6 is 0 Å². The Bertz CT molecular complexity index is 1120. The largest absolute Gasteiger partial charge is 0.493 e. The van der Waals surface area contributed by atoms with Gasteiger partial charge in [0.25, 0.3) is 5.91 Å². The Labute approximate surface area is 180 Å². The molecule has 2 N–H and O–H groups in total. The van der Waals surface area contributed by atoms with E-state index in [1.54, 1.807) is 20.3 Å². The maximum atomic E-state index is 12.8. The summed E-state index contributed by atoms with van der Waals surface area (Å²) in [6, 6.07) is 9.10. The number of fused-ring (bicyclic) bond motifs is 1. The van der Waals surface area contributed by atoms with Crippen LogP contribution in [0.25, 0.3) is 11.3 Å². The van der Waals surface area contributed by atoms with Crippen LogP contribution < -0.4 is 19.5 Å². The highest BCUT2D eigenvalue weighted by molar-refractivity contribution is 5.98. The van der Waals surface area contributed by atoms with Crippen molar-refractivity contribution in [1.29, 1.82) is 0 Å². The van der Waals surface area contributed by atoms with E-state index < -0.39 is 0 Å². The molecule has 8 heteroatoms. The number of aromatic nitrogens is 3. The van der Waals surface area contributed by atoms with Crippen molar-refractivity contribution in [1.82, 2.24) is 20.5 Å². The molecule has 0 spiro atoms. The number of nitrogens with one attached hydrogen (secondary N) is 2. The van der Waals surface area contributed by atoms with Gasteiger partial charge in [0.15, 0.2) is 11.5 Å². The fourth-order valence-corrected chi connectivity index (χ4v) is 3.86. The molecule has 0 aliphatic carbocycles. The third-order valence-corrected chi connectivity index (χ3v) is 5.23. The Morgan fingerprint density at radius 2 is 1.94 bits per heavy atom. The lowest BCUT2D eigenvalue weighted by atomic mass is 9.90. The Morgan fingerprint density at radius 1 is 1.13 bits per heavy atom. The predicted molar refractivity (Wildman–Crippen MR) is 116 cm³/mol. The standard InChI is InChI=1S/C23H26N4O4/c1-12(2)31-20-10-14(16-7-6-8-21(24-16)30-5)15(9-19(20)29-4)17-11-18-22(23(28)25-17)13(3)26-27-18/h6-10,12,17H,11H2,1-5H3,(H,25,28)(H,26,27)/t17-/m1/s1. The number of pyridine rings is 1. The van der Waals surface area contributed by atoms with E-state index >= 15 is 0 Å². The first kappa shape index (κ1) is 20.7. The highest BCUT2D eigenvalue weighted by Crippen LogP contribution is 2.40. The van der Waals surface area contributed by atoms with Gasteiger partial charge in [0.05, 0.1) is 43.3 Å². The van der Waals surface area contributed by atoms with Gasteiger partial charge in [-0.2, -0.15) is 5.10 Å². The number of hydrogen-bond donors (Lipinski definition) is 2. The number of carbonyl (C=O) groups is 1. The van der Waals surface area contributed by atoms with Crippen molar-refractivity contribution in [3.8, 4) is 28.6 Å². The van der Waals surface area contributed by atoms with Crippen LogP contribution in [0.15, 0.2) is 30.3 Å². The molecule has 0 bridgehead atoms. The molecular weight excluding hydrogens is 396 g/mol. The monoisotopic (exact) mass is 422 g/mol. The number of methoxy groups -OCH3 is 2. The molecule has 3 heterocycles. The zero-order chi connectivity index (χ0) is 22.1. The van der Waals surface area contributed by atoms with Gasteiger partial charge in [-0.15, -0.1) is 0 Å². The fraction of sp³-hybridized carbons (Fsp3) is 0.348. The number of benzene rings is 1. The van der Waals surface area contributed by atoms with Crippen LogP contribution in [0.3, 0.4) is 0 Å². The quantitative estimate of drug-likeness (QED) is 0.630. The summed E-state index contributed by atoms with van der Waals surface area (Å²) in [6.07, 6.45) is 0.519. The van der Waals surface area contributed by atoms with Gasteiger partial charge in [0.2, 0.25) is 5.88 Å². The lowest BCUT2D eigenvalue weighted by Gasteiger charge is -2.27. The van der Waals surface area contributed by atoms with Crippen LogP contribution in [-0.2, 0) is 6.42 Å². The normalized spacial score (nSPS) is 15.4. The summed E-state index contributed by atoms with van der Waals surface area (Å²) in [5.41, 5.74) is 4.54. The van der Waals surface area contributed by atoms with Gasteiger partial charge >= 0.3 is 0 Å². The minimum Gasteiger partial charge on any atom is -0.493 e. The topological polar surface area (TPSA) is 98.4 Å². The van der Waals surface area contributed by atoms with Crippen molar-refractivity contribution < 1.29 is 19.0 Å². The lowest BCUT2D eigenvalue weighted by molar-refractivity contribution is 0.0924. The summed E-state index contributed by atoms with van der Waals surface area (Å²) in [7, 11) is 3.18. The van der Waals surface area contributed by atoms with Crippen molar-refractivity contribution >= 4 is 5.91 Å². The summed E-state index contributed by atoms with van der Waals surface area (Å²) < 4.78 is 16.9. The van der Waals surface area contributed by atoms with Crippen molar-refractivity contribution in [2.24, 2.45) is 0 Å². The molecule has 31 heavy (non-hydrogen) atoms. The van der Waals surface area contributed by atoms with Gasteiger partial charge in [-0.3, -0.25) is 9.89 Å². The number of H-pyrrole nitrogens is 1. The smallest absolute Gasteiger partial charge is 0.255 e. The van der Waals surface area contributed by atoms with E-state index in [9.17, 15) is 4.79 Å². The van der Waals surface area contributed by atoms with E-state index in [1.165, 1.54) is 0 Å². The fourth-order valence-electron chi connectivity index (χ4n) is 3.86. The average Bonchev–Trinajstić information content (AvgIpc) is 3.14. The van der Waals surface area contributed by atoms with Crippen molar-refractivity contribution in [3.05, 3.63) is 52.8 Å². The molecule has 2 aromatic heterocycles. The SMILES string of the molecule is COc1cccc(-c2cc(OC(C)C)c(OC)cc2[C@H]2Cc3n[nH]c(C)c3C(=O)N2)n1. The Balaban J connectivity index is 1.86. The molecule has 0 unspecified atom stereocenters. The molecular formula is C23H26N4O4. The van der Waals surface area contributed by atoms with Gasteiger partial charge in [0, 0.05) is 23.7 Å². The number of aryl methyl sites for hydroxylation is 1. The van der Waals surface area contributed by atoms with Crippen molar-refractivity contribution in [2.75, 3.05) is 14.2 Å². The van der Waals surface area contributed by atoms with E-state index in [2.05, 4.69) is 20.5 Å². The first-order valence-electron chi connectivity index (χ1n) is 10.2. The van der Waals surface area contributed by atoms with E-state index in [1.807, 2.05) is 45.0 Å². The zero-order valence-corrected chi connectivity index (χ0v) is 18.3. The number of hydrogen-bond acceptors (Lipinski definition) is 6. The van der Waals surface area contributed by atoms with Crippen LogP contribution in [0.1, 0.15) is 47.2 Å². The molecule has 8 nitrogen and oxygen atoms in total. The van der Waals surface area contributed by atoms with Gasteiger partial charge in [0.1, 0.15) is 0 Å². The molecule has 1 aromatic carbocycles. The zero-order valence-electron chi connectivity index (χ0n) is 18.3. The van der Waals surface area contributed by atoms with Crippen LogP contribution in [0.5, 0.6) is 17.4 Å². The number of carbonyl (C=O) groups excluding carboxylic acids is 1. The molecule has 0 saturated carbocycles. The van der Waals surface area contributed by atoms with Crippen LogP contribution in [0.4, 0.5) is 0 Å². The van der Waals surface area contributed by atoms with E-state index in [0.29, 0.717) is 35.1 Å². The highest BCUT2D eigenvalue weighted by atomic mass is 16.5. The molecule has 4 rings (SSSR count). The van der Waals surface area contributed by atoms with Gasteiger partial charge in [-0.05, 0) is 44.5 Å². The van der Waals surface area contributed by atoms with E-state index in [-0.39, 0.29) is 18.1 Å². The molecule has 0 radical (unpaired) electrons. The maximum absolute atomic E-state index is 12.8. The van der Waals surface area contributed by atoms with Gasteiger partial charge < -0.3 is 19.5 Å². The number of nitrogens with zero attached hydrogens (tertiary/aromatic N) is 2. The Morgan fingerprint density at radius 3 is 2.65 bits per heavy atom. The minimum atomic E-state index is -0.298. The Kier molecular flexibility index (Phi) is 5.54. The summed E-state index contributed by atoms with van der Waals surface area (Å²) in [6.45, 7) is 5.76. The lowest BCUT2D eigenvalue weighted by Crippen LogP contribution is -2.35. The summed E-state index contributed by atoms with van der Waals surface area (Å²) >= 11 is 0. The first-order valence-corrected chi connectivity index (χ1v) is 10.2. The third-order valence-electron chi connectivity index (χ3n) is 5.23. The molecule has 1 aliphatic heterocycles. The number of ether oxygens (including phenoxy) is 3. The minimum absolute atomic E-state index is 0.0326. The highest BCUT2D eigenvalue weighted by Gasteiger charge is 2.31. The second-order valence-electron chi connectivity index (χ2n) is 7.72. The second-order valence-corrected chi connectivity index (χ2v) is 7.72. The summed E-state index contributed by atoms with van der Waals surface area (Å²) in [5.74, 6) is 1.56. The second kappa shape index (κ2) is 8.29. The number of rotatable bonds is 6. The maximum Gasteiger partial charge on any atom is 0.255 e. The first-order chi connectivity index (χ1) is 14.9. The summed E-state index contributed by atoms with van der Waals surface area (Å²) in [4.78, 5) is 17.4. The van der Waals surface area contributed by atoms with Crippen LogP contribution in [0.2, 0.25) is 0 Å². The Hall–Kier alpha value is -3.55. The molecule has 1 amide bonds. The van der Waals surface area contributed by atoms with Crippen LogP contribution in [-0.4, -0.2) is 41.4 Å². The molecule has 3 aromatic rings. The van der Waals surface area contributed by atoms with E-state index in [4.69, 9.17) is 14.2 Å². The van der Waals surface area contributed by atoms with Crippen molar-refractivity contribution in [2.45, 2.75) is 39.3 Å². The third kappa shape index (κ3) is 3.93. The number of amides is 1. The van der Waals surface area contributed by atoms with Crippen LogP contribution in [0, 0.1) is 6.92 Å².